The normalized spacial score (nSPS) is 15.8. The van der Waals surface area contributed by atoms with Crippen LogP contribution in [0.5, 0.6) is 0 Å². The van der Waals surface area contributed by atoms with Crippen molar-refractivity contribution >= 4 is 11.4 Å². The van der Waals surface area contributed by atoms with E-state index in [-0.39, 0.29) is 0 Å². The van der Waals surface area contributed by atoms with Gasteiger partial charge in [-0.05, 0) is 49.3 Å². The van der Waals surface area contributed by atoms with Crippen LogP contribution >= 0.6 is 0 Å². The minimum absolute atomic E-state index is 0.811. The average Bonchev–Trinajstić information content (AvgIpc) is 2.85. The number of dihydropyridines is 2. The minimum atomic E-state index is 0.811. The van der Waals surface area contributed by atoms with Gasteiger partial charge in [0.2, 0.25) is 0 Å². The molecule has 4 heterocycles. The van der Waals surface area contributed by atoms with Gasteiger partial charge in [-0.25, -0.2) is 0 Å². The van der Waals surface area contributed by atoms with Gasteiger partial charge in [-0.15, -0.1) is 0 Å². The maximum Gasteiger partial charge on any atom is 0.0544 e. The Balaban J connectivity index is 1.44. The highest BCUT2D eigenvalue weighted by molar-refractivity contribution is 5.97. The van der Waals surface area contributed by atoms with Crippen LogP contribution in [-0.4, -0.2) is 70.5 Å². The van der Waals surface area contributed by atoms with E-state index in [0.29, 0.717) is 0 Å². The Hall–Kier alpha value is -2.96. The van der Waals surface area contributed by atoms with Crippen LogP contribution in [0.1, 0.15) is 24.2 Å². The molecule has 0 aliphatic carbocycles. The number of hydrogen-bond acceptors (Lipinski definition) is 6. The molecular formula is C26H32N6. The molecule has 0 N–H and O–H groups in total. The van der Waals surface area contributed by atoms with Gasteiger partial charge in [0.25, 0.3) is 0 Å². The predicted octanol–water partition coefficient (Wildman–Crippen LogP) is 3.58. The monoisotopic (exact) mass is 428 g/mol. The predicted molar refractivity (Wildman–Crippen MR) is 131 cm³/mol. The molecule has 0 amide bonds. The number of nitrogens with zero attached hydrogens (tertiary/aromatic N) is 6. The van der Waals surface area contributed by atoms with E-state index in [9.17, 15) is 0 Å². The van der Waals surface area contributed by atoms with Gasteiger partial charge in [0.05, 0.1) is 11.4 Å². The topological polar surface area (TPSA) is 57.0 Å². The molecule has 0 radical (unpaired) electrons. The summed E-state index contributed by atoms with van der Waals surface area (Å²) in [5.41, 5.74) is 4.48. The van der Waals surface area contributed by atoms with Crippen LogP contribution in [0.4, 0.5) is 0 Å². The molecule has 0 spiro atoms. The molecule has 2 aliphatic rings. The first-order valence-electron chi connectivity index (χ1n) is 11.5. The van der Waals surface area contributed by atoms with Gasteiger partial charge in [-0.1, -0.05) is 24.3 Å². The molecule has 0 unspecified atom stereocenters. The number of pyridine rings is 2. The fourth-order valence-corrected chi connectivity index (χ4v) is 3.93. The zero-order chi connectivity index (χ0) is 21.8. The molecule has 0 atom stereocenters. The number of aromatic nitrogens is 2. The smallest absolute Gasteiger partial charge is 0.0544 e. The van der Waals surface area contributed by atoms with E-state index in [0.717, 1.165) is 88.0 Å². The van der Waals surface area contributed by atoms with Crippen LogP contribution < -0.4 is 0 Å². The van der Waals surface area contributed by atoms with Crippen LogP contribution in [-0.2, 0) is 13.1 Å². The molecule has 32 heavy (non-hydrogen) atoms. The van der Waals surface area contributed by atoms with Crippen LogP contribution in [0.2, 0.25) is 0 Å². The minimum Gasteiger partial charge on any atom is -0.290 e. The van der Waals surface area contributed by atoms with Gasteiger partial charge in [-0.2, -0.15) is 0 Å². The van der Waals surface area contributed by atoms with Gasteiger partial charge in [0.1, 0.15) is 0 Å². The van der Waals surface area contributed by atoms with Crippen LogP contribution in [0.15, 0.2) is 83.1 Å². The second-order valence-electron chi connectivity index (χ2n) is 8.19. The van der Waals surface area contributed by atoms with Crippen molar-refractivity contribution in [3.8, 4) is 0 Å². The van der Waals surface area contributed by atoms with Crippen LogP contribution in [0, 0.1) is 0 Å². The van der Waals surface area contributed by atoms with Crippen molar-refractivity contribution in [1.82, 2.24) is 19.8 Å². The van der Waals surface area contributed by atoms with E-state index < -0.39 is 0 Å². The van der Waals surface area contributed by atoms with E-state index in [1.165, 1.54) is 0 Å². The third kappa shape index (κ3) is 7.32. The van der Waals surface area contributed by atoms with Gasteiger partial charge < -0.3 is 0 Å². The molecule has 0 bridgehead atoms. The zero-order valence-corrected chi connectivity index (χ0v) is 18.7. The lowest BCUT2D eigenvalue weighted by molar-refractivity contribution is 0.222. The highest BCUT2D eigenvalue weighted by atomic mass is 15.2. The average molecular weight is 429 g/mol. The first-order valence-corrected chi connectivity index (χ1v) is 11.5. The van der Waals surface area contributed by atoms with Crippen molar-refractivity contribution in [2.75, 3.05) is 39.3 Å². The number of rotatable bonds is 11. The second-order valence-corrected chi connectivity index (χ2v) is 8.19. The van der Waals surface area contributed by atoms with Gasteiger partial charge in [0, 0.05) is 76.2 Å². The Labute approximate surface area is 191 Å². The molecule has 0 aromatic carbocycles. The van der Waals surface area contributed by atoms with Crippen LogP contribution in [0.3, 0.4) is 0 Å². The molecule has 166 valence electrons. The maximum absolute atomic E-state index is 4.72. The van der Waals surface area contributed by atoms with E-state index in [4.69, 9.17) is 9.98 Å². The Kier molecular flexibility index (Phi) is 8.46. The lowest BCUT2D eigenvalue weighted by Crippen LogP contribution is -2.39. The van der Waals surface area contributed by atoms with Gasteiger partial charge in [-0.3, -0.25) is 29.8 Å². The second kappa shape index (κ2) is 12.2. The molecule has 2 aromatic heterocycles. The molecule has 4 rings (SSSR count). The Bertz CT molecular complexity index is 869. The third-order valence-electron chi connectivity index (χ3n) is 5.57. The Morgan fingerprint density at radius 3 is 1.50 bits per heavy atom. The lowest BCUT2D eigenvalue weighted by Gasteiger charge is -2.28. The van der Waals surface area contributed by atoms with Crippen molar-refractivity contribution in [3.05, 3.63) is 84.5 Å². The summed E-state index contributed by atoms with van der Waals surface area (Å²) >= 11 is 0. The molecule has 0 fully saturated rings. The molecule has 2 aromatic rings. The number of hydrogen-bond donors (Lipinski definition) is 0. The maximum atomic E-state index is 4.72. The van der Waals surface area contributed by atoms with Crippen molar-refractivity contribution in [3.63, 3.8) is 0 Å². The van der Waals surface area contributed by atoms with Crippen LogP contribution in [0.25, 0.3) is 0 Å². The van der Waals surface area contributed by atoms with Gasteiger partial charge >= 0.3 is 0 Å². The summed E-state index contributed by atoms with van der Waals surface area (Å²) in [6.45, 7) is 6.93. The van der Waals surface area contributed by atoms with E-state index >= 15 is 0 Å². The molecule has 6 nitrogen and oxygen atoms in total. The Morgan fingerprint density at radius 1 is 0.625 bits per heavy atom. The summed E-state index contributed by atoms with van der Waals surface area (Å²) in [7, 11) is 0. The van der Waals surface area contributed by atoms with E-state index in [2.05, 4.69) is 68.3 Å². The summed E-state index contributed by atoms with van der Waals surface area (Å²) in [5, 5.41) is 0. The summed E-state index contributed by atoms with van der Waals surface area (Å²) < 4.78 is 0. The van der Waals surface area contributed by atoms with E-state index in [1.54, 1.807) is 0 Å². The highest BCUT2D eigenvalue weighted by Crippen LogP contribution is 2.08. The molecular weight excluding hydrogens is 396 g/mol. The molecule has 0 saturated heterocycles. The quantitative estimate of drug-likeness (QED) is 0.549. The summed E-state index contributed by atoms with van der Waals surface area (Å²) in [5.74, 6) is 0. The first-order chi connectivity index (χ1) is 15.8. The number of aliphatic imine (C=N–C) groups is 2. The fraction of sp³-hybridized carbons (Fsp3) is 0.385. The summed E-state index contributed by atoms with van der Waals surface area (Å²) in [4.78, 5) is 23.4. The highest BCUT2D eigenvalue weighted by Gasteiger charge is 2.15. The lowest BCUT2D eigenvalue weighted by atomic mass is 10.2. The zero-order valence-electron chi connectivity index (χ0n) is 18.7. The fourth-order valence-electron chi connectivity index (χ4n) is 3.93. The standard InChI is InChI=1S/C26H32N6/c1-5-13-27-23(9-1)19-31(20-24-10-2-6-14-28-24)17-18-32(21-25-11-3-7-15-29-25)22-26-12-4-8-16-30-26/h1-5,7,9-13,15H,6,8,14,16-22H2. The summed E-state index contributed by atoms with van der Waals surface area (Å²) in [6.07, 6.45) is 14.6. The first kappa shape index (κ1) is 22.2. The van der Waals surface area contributed by atoms with E-state index in [1.807, 2.05) is 24.5 Å². The Morgan fingerprint density at radius 2 is 1.12 bits per heavy atom. The van der Waals surface area contributed by atoms with Crippen molar-refractivity contribution in [2.45, 2.75) is 25.9 Å². The van der Waals surface area contributed by atoms with Crippen molar-refractivity contribution in [2.24, 2.45) is 9.98 Å². The van der Waals surface area contributed by atoms with Gasteiger partial charge in [0.15, 0.2) is 0 Å². The largest absolute Gasteiger partial charge is 0.290 e. The molecule has 2 aliphatic heterocycles. The SMILES string of the molecule is C1=CC(CN(CCN(CC2=NCCC=C2)Cc2ccccn2)Cc2ccccn2)=NCC1. The molecule has 6 heteroatoms. The molecule has 0 saturated carbocycles. The summed E-state index contributed by atoms with van der Waals surface area (Å²) in [6, 6.07) is 12.2. The van der Waals surface area contributed by atoms with Crippen molar-refractivity contribution in [1.29, 1.82) is 0 Å². The third-order valence-corrected chi connectivity index (χ3v) is 5.57. The van der Waals surface area contributed by atoms with Crippen molar-refractivity contribution < 1.29 is 0 Å².